The van der Waals surface area contributed by atoms with E-state index in [9.17, 15) is 9.59 Å². The molecule has 4 aromatic rings. The lowest BCUT2D eigenvalue weighted by molar-refractivity contribution is -0.139. The van der Waals surface area contributed by atoms with Gasteiger partial charge in [0.1, 0.15) is 34.5 Å². The Morgan fingerprint density at radius 1 is 0.718 bits per heavy atom. The summed E-state index contributed by atoms with van der Waals surface area (Å²) in [4.78, 5) is 23.2. The lowest BCUT2D eigenvalue weighted by atomic mass is 10.1. The quantitative estimate of drug-likeness (QED) is 0.191. The highest BCUT2D eigenvalue weighted by Crippen LogP contribution is 2.34. The van der Waals surface area contributed by atoms with E-state index in [1.54, 1.807) is 66.7 Å². The van der Waals surface area contributed by atoms with Crippen LogP contribution in [0.15, 0.2) is 84.9 Å². The van der Waals surface area contributed by atoms with E-state index in [4.69, 9.17) is 52.5 Å². The summed E-state index contributed by atoms with van der Waals surface area (Å²) >= 11 is 12.3. The number of halogens is 2. The fraction of sp³-hybridized carbons (Fsp3) is 0.0690. The number of nitriles is 1. The minimum absolute atomic E-state index is 0.227. The second-order valence-electron chi connectivity index (χ2n) is 7.97. The minimum atomic E-state index is -1.06. The Bertz CT molecular complexity index is 1530. The predicted octanol–water partition coefficient (Wildman–Crippen LogP) is 7.17. The molecular weight excluding hydrogens is 545 g/mol. The highest BCUT2D eigenvalue weighted by molar-refractivity contribution is 6.32. The molecule has 4 aromatic carbocycles. The fourth-order valence-electron chi connectivity index (χ4n) is 3.29. The van der Waals surface area contributed by atoms with Gasteiger partial charge in [0.15, 0.2) is 19.0 Å². The average molecular weight is 564 g/mol. The molecule has 0 saturated carbocycles. The lowest BCUT2D eigenvalue weighted by Gasteiger charge is -2.11. The predicted molar refractivity (Wildman–Crippen MR) is 144 cm³/mol. The van der Waals surface area contributed by atoms with Gasteiger partial charge in [-0.2, -0.15) is 5.26 Å². The highest BCUT2D eigenvalue weighted by Gasteiger charge is 2.11. The smallest absolute Gasteiger partial charge is 0.341 e. The van der Waals surface area contributed by atoms with Crippen molar-refractivity contribution in [1.82, 2.24) is 0 Å². The molecule has 0 aliphatic carbocycles. The topological polar surface area (TPSA) is 115 Å². The Morgan fingerprint density at radius 2 is 1.33 bits per heavy atom. The zero-order valence-electron chi connectivity index (χ0n) is 20.1. The molecule has 1 N–H and O–H groups in total. The van der Waals surface area contributed by atoms with Gasteiger partial charge in [-0.3, -0.25) is 4.79 Å². The average Bonchev–Trinajstić information content (AvgIpc) is 2.93. The Kier molecular flexibility index (Phi) is 8.90. The summed E-state index contributed by atoms with van der Waals surface area (Å²) in [5.41, 5.74) is 0.761. The van der Waals surface area contributed by atoms with Crippen molar-refractivity contribution in [3.63, 3.8) is 0 Å². The van der Waals surface area contributed by atoms with E-state index in [-0.39, 0.29) is 18.1 Å². The first-order valence-electron chi connectivity index (χ1n) is 11.4. The SMILES string of the molecule is N#Cc1cc(Cl)cc(Oc2cc(OCC(=O)c3ccc(Oc4ccc(OCC(=O)O)cc4)cc3)ccc2Cl)c1. The maximum Gasteiger partial charge on any atom is 0.341 e. The number of carbonyl (C=O) groups excluding carboxylic acids is 1. The number of aliphatic carboxylic acids is 1. The standard InChI is InChI=1S/C29H19Cl2NO7/c30-20-11-18(15-32)12-25(13-20)39-28-14-24(9-10-26(28)31)36-16-27(33)19-1-3-22(4-2-19)38-23-7-5-21(6-8-23)37-17-29(34)35/h1-14H,16-17H2,(H,34,35). The molecule has 4 rings (SSSR count). The maximum atomic E-state index is 12.7. The van der Waals surface area contributed by atoms with E-state index < -0.39 is 12.6 Å². The van der Waals surface area contributed by atoms with Gasteiger partial charge in [0.2, 0.25) is 0 Å². The molecule has 0 aliphatic rings. The number of Topliss-reactive ketones (excluding diaryl/α,β-unsaturated/α-hetero) is 1. The second kappa shape index (κ2) is 12.7. The maximum absolute atomic E-state index is 12.7. The molecule has 8 nitrogen and oxygen atoms in total. The molecule has 0 saturated heterocycles. The monoisotopic (exact) mass is 563 g/mol. The summed E-state index contributed by atoms with van der Waals surface area (Å²) in [5.74, 6) is 1.08. The minimum Gasteiger partial charge on any atom is -0.485 e. The van der Waals surface area contributed by atoms with Gasteiger partial charge in [-0.25, -0.2) is 4.79 Å². The van der Waals surface area contributed by atoms with Gasteiger partial charge in [0.25, 0.3) is 0 Å². The lowest BCUT2D eigenvalue weighted by Crippen LogP contribution is -2.11. The van der Waals surface area contributed by atoms with Gasteiger partial charge in [-0.15, -0.1) is 0 Å². The summed E-state index contributed by atoms with van der Waals surface area (Å²) in [7, 11) is 0. The van der Waals surface area contributed by atoms with Crippen LogP contribution in [0.3, 0.4) is 0 Å². The first kappa shape index (κ1) is 27.3. The largest absolute Gasteiger partial charge is 0.485 e. The molecule has 0 amide bonds. The van der Waals surface area contributed by atoms with Crippen LogP contribution in [0, 0.1) is 11.3 Å². The van der Waals surface area contributed by atoms with Crippen LogP contribution in [-0.4, -0.2) is 30.1 Å². The van der Waals surface area contributed by atoms with Gasteiger partial charge in [-0.05, 0) is 78.9 Å². The van der Waals surface area contributed by atoms with E-state index in [1.807, 2.05) is 6.07 Å². The zero-order valence-corrected chi connectivity index (χ0v) is 21.6. The van der Waals surface area contributed by atoms with E-state index in [2.05, 4.69) is 0 Å². The Morgan fingerprint density at radius 3 is 2.00 bits per heavy atom. The van der Waals surface area contributed by atoms with Crippen molar-refractivity contribution in [1.29, 1.82) is 5.26 Å². The van der Waals surface area contributed by atoms with Gasteiger partial charge < -0.3 is 24.1 Å². The number of carbonyl (C=O) groups is 2. The normalized spacial score (nSPS) is 10.3. The van der Waals surface area contributed by atoms with Gasteiger partial charge >= 0.3 is 5.97 Å². The van der Waals surface area contributed by atoms with Crippen molar-refractivity contribution in [2.75, 3.05) is 13.2 Å². The molecule has 0 fully saturated rings. The fourth-order valence-corrected chi connectivity index (χ4v) is 3.67. The van der Waals surface area contributed by atoms with Crippen molar-refractivity contribution in [3.05, 3.63) is 106 Å². The third-order valence-electron chi connectivity index (χ3n) is 5.10. The molecule has 10 heteroatoms. The number of rotatable bonds is 11. The number of ketones is 1. The summed E-state index contributed by atoms with van der Waals surface area (Å²) in [6.45, 7) is -0.658. The van der Waals surface area contributed by atoms with Crippen LogP contribution in [0.1, 0.15) is 15.9 Å². The van der Waals surface area contributed by atoms with Crippen LogP contribution in [0.25, 0.3) is 0 Å². The molecule has 0 heterocycles. The highest BCUT2D eigenvalue weighted by atomic mass is 35.5. The number of carboxylic acids is 1. The third kappa shape index (κ3) is 7.89. The zero-order chi connectivity index (χ0) is 27.8. The molecule has 0 bridgehead atoms. The number of hydrogen-bond donors (Lipinski definition) is 1. The van der Waals surface area contributed by atoms with Crippen LogP contribution in [0.5, 0.6) is 34.5 Å². The molecule has 196 valence electrons. The summed E-state index contributed by atoms with van der Waals surface area (Å²) in [6, 6.07) is 24.3. The third-order valence-corrected chi connectivity index (χ3v) is 5.63. The van der Waals surface area contributed by atoms with Crippen molar-refractivity contribution >= 4 is 35.0 Å². The van der Waals surface area contributed by atoms with Gasteiger partial charge in [0, 0.05) is 16.7 Å². The van der Waals surface area contributed by atoms with Gasteiger partial charge in [0.05, 0.1) is 16.7 Å². The van der Waals surface area contributed by atoms with Crippen LogP contribution >= 0.6 is 23.2 Å². The Balaban J connectivity index is 1.33. The summed E-state index contributed by atoms with van der Waals surface area (Å²) in [6.07, 6.45) is 0. The molecule has 0 atom stereocenters. The molecule has 39 heavy (non-hydrogen) atoms. The number of hydrogen-bond acceptors (Lipinski definition) is 7. The van der Waals surface area contributed by atoms with Crippen LogP contribution in [-0.2, 0) is 4.79 Å². The van der Waals surface area contributed by atoms with Crippen molar-refractivity contribution < 1.29 is 33.6 Å². The number of nitrogens with zero attached hydrogens (tertiary/aromatic N) is 1. The summed E-state index contributed by atoms with van der Waals surface area (Å²) in [5, 5.41) is 18.4. The molecule has 0 aromatic heterocycles. The first-order chi connectivity index (χ1) is 18.8. The molecule has 0 aliphatic heterocycles. The van der Waals surface area contributed by atoms with Crippen LogP contribution in [0.4, 0.5) is 0 Å². The Labute approximate surface area is 233 Å². The molecule has 0 radical (unpaired) electrons. The molecule has 0 unspecified atom stereocenters. The molecular formula is C29H19Cl2NO7. The van der Waals surface area contributed by atoms with Crippen LogP contribution in [0.2, 0.25) is 10.0 Å². The van der Waals surface area contributed by atoms with Gasteiger partial charge in [-0.1, -0.05) is 23.2 Å². The van der Waals surface area contributed by atoms with E-state index in [0.717, 1.165) is 0 Å². The van der Waals surface area contributed by atoms with Crippen molar-refractivity contribution in [3.8, 4) is 40.6 Å². The van der Waals surface area contributed by atoms with Crippen molar-refractivity contribution in [2.45, 2.75) is 0 Å². The number of carboxylic acid groups (broad SMARTS) is 1. The first-order valence-corrected chi connectivity index (χ1v) is 12.1. The second-order valence-corrected chi connectivity index (χ2v) is 8.82. The van der Waals surface area contributed by atoms with E-state index in [0.29, 0.717) is 49.9 Å². The van der Waals surface area contributed by atoms with Crippen molar-refractivity contribution in [2.24, 2.45) is 0 Å². The number of benzene rings is 4. The molecule has 0 spiro atoms. The van der Waals surface area contributed by atoms with Crippen LogP contribution < -0.4 is 18.9 Å². The summed E-state index contributed by atoms with van der Waals surface area (Å²) < 4.78 is 22.3. The Hall–Kier alpha value is -4.71. The number of ether oxygens (including phenoxy) is 4. The van der Waals surface area contributed by atoms with E-state index in [1.165, 1.54) is 18.2 Å². The van der Waals surface area contributed by atoms with E-state index >= 15 is 0 Å².